The molecule has 2 saturated heterocycles. The monoisotopic (exact) mass is 629 g/mol. The van der Waals surface area contributed by atoms with Crippen LogP contribution in [0.5, 0.6) is 17.2 Å². The number of carboxylic acid groups (broad SMARTS) is 1. The van der Waals surface area contributed by atoms with Crippen molar-refractivity contribution < 1.29 is 39.3 Å². The van der Waals surface area contributed by atoms with Crippen LogP contribution in [0.3, 0.4) is 0 Å². The quantitative estimate of drug-likeness (QED) is 0.0717. The Morgan fingerprint density at radius 1 is 1.21 bits per heavy atom. The molecule has 2 unspecified atom stereocenters. The molecule has 2 aliphatic rings. The van der Waals surface area contributed by atoms with Gasteiger partial charge in [0.15, 0.2) is 23.8 Å². The number of tetrazole rings is 1. The molecule has 1 aromatic heterocycles. The molecule has 3 heterocycles. The van der Waals surface area contributed by atoms with Gasteiger partial charge in [0.1, 0.15) is 29.2 Å². The average molecular weight is 630 g/mol. The number of aromatic hydroxyl groups is 2. The van der Waals surface area contributed by atoms with E-state index in [-0.39, 0.29) is 59.8 Å². The Labute approximate surface area is 253 Å². The highest BCUT2D eigenvalue weighted by atomic mass is 32.2. The van der Waals surface area contributed by atoms with Crippen LogP contribution in [-0.2, 0) is 26.3 Å². The smallest absolute Gasteiger partial charge is 0.313 e. The molecule has 0 spiro atoms. The highest BCUT2D eigenvalue weighted by molar-refractivity contribution is 8.00. The van der Waals surface area contributed by atoms with Gasteiger partial charge in [-0.05, 0) is 34.7 Å². The molecule has 5 rings (SSSR count). The number of β-lactam (4-membered cyclic amide) rings is 1. The number of phenolic OH excluding ortho intramolecular Hbond substituents is 2. The maximum absolute atomic E-state index is 13.3. The first kappa shape index (κ1) is 30.0. The minimum absolute atomic E-state index is 0.0155. The van der Waals surface area contributed by atoms with Gasteiger partial charge in [0, 0.05) is 30.7 Å². The number of benzene rings is 2. The molecule has 0 bridgehead atoms. The lowest BCUT2D eigenvalue weighted by Gasteiger charge is -2.53. The lowest BCUT2D eigenvalue weighted by atomic mass is 9.89. The standard InChI is InChI=1S/C26H27N7O8S2/c1-32-25(28-30-31-32)43-14-26(24(38)39)12-33-22(37)20(23(33)42-13-26)27-21(36)19(15-5-4-6-16(34)11-15)29-41-10-9-40-18-8-3-2-7-17(18)35/h2-8,11,20,23,34-35H,9-10,12-14H2,1H3,(H,27,36)(H,38,39)/t20?,23-,26?/m1/s1. The SMILES string of the molecule is Cn1nnnc1SCC1(C(=O)O)CS[C@@H]2C(NC(=O)C(=NOCCOc3ccccc3O)c3cccc(O)c3)C(=O)N2C1. The van der Waals surface area contributed by atoms with Crippen molar-refractivity contribution in [2.45, 2.75) is 16.6 Å². The van der Waals surface area contributed by atoms with Gasteiger partial charge in [0.2, 0.25) is 11.1 Å². The lowest BCUT2D eigenvalue weighted by Crippen LogP contribution is -2.74. The Hall–Kier alpha value is -4.51. The molecular weight excluding hydrogens is 602 g/mol. The van der Waals surface area contributed by atoms with Crippen LogP contribution < -0.4 is 10.1 Å². The van der Waals surface area contributed by atoms with E-state index in [0.717, 1.165) is 0 Å². The number of fused-ring (bicyclic) bond motifs is 1. The van der Waals surface area contributed by atoms with E-state index in [2.05, 4.69) is 26.0 Å². The summed E-state index contributed by atoms with van der Waals surface area (Å²) in [7, 11) is 1.65. The summed E-state index contributed by atoms with van der Waals surface area (Å²) in [4.78, 5) is 45.5. The Balaban J connectivity index is 1.23. The van der Waals surface area contributed by atoms with Crippen LogP contribution >= 0.6 is 23.5 Å². The van der Waals surface area contributed by atoms with Crippen LogP contribution in [0.25, 0.3) is 0 Å². The molecule has 3 atom stereocenters. The van der Waals surface area contributed by atoms with Gasteiger partial charge in [-0.2, -0.15) is 0 Å². The molecule has 2 amide bonds. The summed E-state index contributed by atoms with van der Waals surface area (Å²) in [6.45, 7) is -0.0864. The molecule has 17 heteroatoms. The fraction of sp³-hybridized carbons (Fsp3) is 0.346. The van der Waals surface area contributed by atoms with Crippen LogP contribution in [0.4, 0.5) is 0 Å². The fourth-order valence-electron chi connectivity index (χ4n) is 4.42. The molecule has 2 aromatic carbocycles. The topological polar surface area (TPSA) is 202 Å². The summed E-state index contributed by atoms with van der Waals surface area (Å²) >= 11 is 2.46. The summed E-state index contributed by atoms with van der Waals surface area (Å²) < 4.78 is 6.89. The van der Waals surface area contributed by atoms with Crippen LogP contribution in [0.1, 0.15) is 5.56 Å². The first-order chi connectivity index (χ1) is 20.7. The molecule has 0 aliphatic carbocycles. The molecule has 3 aromatic rings. The molecule has 2 aliphatic heterocycles. The number of ether oxygens (including phenoxy) is 1. The van der Waals surface area contributed by atoms with E-state index in [4.69, 9.17) is 9.57 Å². The number of phenols is 2. The number of nitrogens with one attached hydrogen (secondary N) is 1. The number of hydrogen-bond donors (Lipinski definition) is 4. The van der Waals surface area contributed by atoms with Gasteiger partial charge in [-0.3, -0.25) is 14.4 Å². The lowest BCUT2D eigenvalue weighted by molar-refractivity contribution is -0.157. The number of rotatable bonds is 12. The average Bonchev–Trinajstić information content (AvgIpc) is 3.41. The van der Waals surface area contributed by atoms with Gasteiger partial charge < -0.3 is 35.1 Å². The second-order valence-electron chi connectivity index (χ2n) is 9.72. The number of carbonyl (C=O) groups excluding carboxylic acids is 2. The Bertz CT molecular complexity index is 1550. The summed E-state index contributed by atoms with van der Waals surface area (Å²) in [5.74, 6) is -1.70. The van der Waals surface area contributed by atoms with E-state index in [9.17, 15) is 29.7 Å². The van der Waals surface area contributed by atoms with Gasteiger partial charge >= 0.3 is 5.97 Å². The number of carbonyl (C=O) groups is 3. The van der Waals surface area contributed by atoms with Crippen molar-refractivity contribution in [1.82, 2.24) is 30.4 Å². The number of para-hydroxylation sites is 2. The van der Waals surface area contributed by atoms with Crippen LogP contribution in [0.2, 0.25) is 0 Å². The van der Waals surface area contributed by atoms with E-state index in [0.29, 0.717) is 5.16 Å². The second kappa shape index (κ2) is 12.8. The van der Waals surface area contributed by atoms with Crippen molar-refractivity contribution in [2.75, 3.05) is 31.3 Å². The van der Waals surface area contributed by atoms with E-state index in [1.54, 1.807) is 31.3 Å². The summed E-state index contributed by atoms with van der Waals surface area (Å²) in [5, 5.41) is 47.7. The van der Waals surface area contributed by atoms with Gasteiger partial charge in [-0.25, -0.2) is 4.68 Å². The number of oxime groups is 1. The first-order valence-electron chi connectivity index (χ1n) is 12.9. The molecule has 15 nitrogen and oxygen atoms in total. The fourth-order valence-corrected chi connectivity index (χ4v) is 7.13. The predicted molar refractivity (Wildman–Crippen MR) is 154 cm³/mol. The largest absolute Gasteiger partial charge is 0.508 e. The van der Waals surface area contributed by atoms with E-state index in [1.165, 1.54) is 57.4 Å². The Morgan fingerprint density at radius 3 is 2.74 bits per heavy atom. The van der Waals surface area contributed by atoms with E-state index < -0.39 is 34.6 Å². The van der Waals surface area contributed by atoms with Crippen LogP contribution in [-0.4, -0.2) is 107 Å². The van der Waals surface area contributed by atoms with Crippen molar-refractivity contribution in [2.24, 2.45) is 17.6 Å². The molecule has 4 N–H and O–H groups in total. The zero-order valence-electron chi connectivity index (χ0n) is 22.7. The number of aliphatic carboxylic acids is 1. The third-order valence-corrected chi connectivity index (χ3v) is 9.62. The van der Waals surface area contributed by atoms with Gasteiger partial charge in [-0.15, -0.1) is 16.9 Å². The number of thioether (sulfide) groups is 2. The normalized spacial score (nSPS) is 21.5. The number of aryl methyl sites for hydroxylation is 1. The zero-order valence-corrected chi connectivity index (χ0v) is 24.3. The maximum Gasteiger partial charge on any atom is 0.313 e. The molecule has 0 radical (unpaired) electrons. The van der Waals surface area contributed by atoms with E-state index in [1.807, 2.05) is 0 Å². The number of nitrogens with zero attached hydrogens (tertiary/aromatic N) is 6. The van der Waals surface area contributed by atoms with Crippen molar-refractivity contribution in [3.63, 3.8) is 0 Å². The van der Waals surface area contributed by atoms with Crippen LogP contribution in [0, 0.1) is 5.41 Å². The van der Waals surface area contributed by atoms with Gasteiger partial charge in [0.05, 0.1) is 0 Å². The number of hydrogen-bond acceptors (Lipinski definition) is 13. The second-order valence-corrected chi connectivity index (χ2v) is 11.8. The van der Waals surface area contributed by atoms with Crippen molar-refractivity contribution in [3.05, 3.63) is 54.1 Å². The highest BCUT2D eigenvalue weighted by Gasteiger charge is 2.57. The van der Waals surface area contributed by atoms with Gasteiger partial charge in [-0.1, -0.05) is 41.2 Å². The number of amides is 2. The zero-order chi connectivity index (χ0) is 30.6. The summed E-state index contributed by atoms with van der Waals surface area (Å²) in [5.41, 5.74) is -1.17. The molecule has 2 fully saturated rings. The minimum Gasteiger partial charge on any atom is -0.508 e. The predicted octanol–water partition coefficient (Wildman–Crippen LogP) is 0.684. The minimum atomic E-state index is -1.23. The third kappa shape index (κ3) is 6.46. The molecule has 43 heavy (non-hydrogen) atoms. The van der Waals surface area contributed by atoms with Gasteiger partial charge in [0.25, 0.3) is 5.91 Å². The molecule has 226 valence electrons. The van der Waals surface area contributed by atoms with Crippen molar-refractivity contribution >= 4 is 47.0 Å². The van der Waals surface area contributed by atoms with E-state index >= 15 is 0 Å². The van der Waals surface area contributed by atoms with Crippen molar-refractivity contribution in [3.8, 4) is 17.2 Å². The maximum atomic E-state index is 13.3. The van der Waals surface area contributed by atoms with Crippen molar-refractivity contribution in [1.29, 1.82) is 0 Å². The Morgan fingerprint density at radius 2 is 2.02 bits per heavy atom. The third-order valence-electron chi connectivity index (χ3n) is 6.73. The number of aromatic nitrogens is 4. The highest BCUT2D eigenvalue weighted by Crippen LogP contribution is 2.44. The Kier molecular flexibility index (Phi) is 8.91. The van der Waals surface area contributed by atoms with Crippen LogP contribution in [0.15, 0.2) is 58.8 Å². The molecular formula is C26H27N7O8S2. The summed E-state index contributed by atoms with van der Waals surface area (Å²) in [6, 6.07) is 11.3. The first-order valence-corrected chi connectivity index (χ1v) is 14.9. The molecule has 0 saturated carbocycles. The number of carboxylic acids is 1. The summed E-state index contributed by atoms with van der Waals surface area (Å²) in [6.07, 6.45) is 0.